The minimum atomic E-state index is -0.0982. The maximum atomic E-state index is 11.9. The quantitative estimate of drug-likeness (QED) is 0.815. The van der Waals surface area contributed by atoms with Crippen molar-refractivity contribution in [2.45, 2.75) is 39.2 Å². The average molecular weight is 301 g/mol. The van der Waals surface area contributed by atoms with Gasteiger partial charge in [-0.05, 0) is 56.9 Å². The number of fused-ring (bicyclic) bond motifs is 3. The van der Waals surface area contributed by atoms with Gasteiger partial charge in [-0.1, -0.05) is 0 Å². The highest BCUT2D eigenvalue weighted by molar-refractivity contribution is 5.88. The van der Waals surface area contributed by atoms with Gasteiger partial charge in [-0.15, -0.1) is 0 Å². The van der Waals surface area contributed by atoms with E-state index in [0.717, 1.165) is 25.0 Å². The van der Waals surface area contributed by atoms with Gasteiger partial charge in [0.1, 0.15) is 5.75 Å². The zero-order chi connectivity index (χ0) is 15.9. The van der Waals surface area contributed by atoms with E-state index in [1.807, 2.05) is 6.07 Å². The number of carbonyl (C=O) groups excluding carboxylic acids is 1. The van der Waals surface area contributed by atoms with E-state index < -0.39 is 0 Å². The predicted molar refractivity (Wildman–Crippen MR) is 86.4 cm³/mol. The van der Waals surface area contributed by atoms with Crippen LogP contribution in [0, 0.1) is 5.92 Å². The highest BCUT2D eigenvalue weighted by Crippen LogP contribution is 2.38. The number of esters is 1. The van der Waals surface area contributed by atoms with Crippen molar-refractivity contribution >= 4 is 16.9 Å². The SMILES string of the molecule is COC(=O)C1CCc2c(c3cc(OC)ccc3n2C(C)C)C1. The Morgan fingerprint density at radius 1 is 1.32 bits per heavy atom. The standard InChI is InChI=1S/C18H23NO3/c1-11(2)19-16-7-5-12(18(20)22-4)9-14(16)15-10-13(21-3)6-8-17(15)19/h6,8,10-12H,5,7,9H2,1-4H3. The monoisotopic (exact) mass is 301 g/mol. The van der Waals surface area contributed by atoms with E-state index in [4.69, 9.17) is 9.47 Å². The molecule has 0 aliphatic heterocycles. The fourth-order valence-corrected chi connectivity index (χ4v) is 3.66. The van der Waals surface area contributed by atoms with Gasteiger partial charge in [-0.2, -0.15) is 0 Å². The Labute approximate surface area is 131 Å². The van der Waals surface area contributed by atoms with Gasteiger partial charge in [-0.25, -0.2) is 0 Å². The van der Waals surface area contributed by atoms with Crippen LogP contribution in [0.5, 0.6) is 5.75 Å². The van der Waals surface area contributed by atoms with Crippen LogP contribution in [0.15, 0.2) is 18.2 Å². The van der Waals surface area contributed by atoms with Crippen LogP contribution in [0.1, 0.15) is 37.6 Å². The summed E-state index contributed by atoms with van der Waals surface area (Å²) in [5, 5.41) is 1.21. The van der Waals surface area contributed by atoms with Crippen LogP contribution in [0.4, 0.5) is 0 Å². The highest BCUT2D eigenvalue weighted by atomic mass is 16.5. The van der Waals surface area contributed by atoms with Crippen molar-refractivity contribution in [3.8, 4) is 5.75 Å². The number of methoxy groups -OCH3 is 2. The van der Waals surface area contributed by atoms with Crippen LogP contribution >= 0.6 is 0 Å². The smallest absolute Gasteiger partial charge is 0.309 e. The topological polar surface area (TPSA) is 40.5 Å². The fourth-order valence-electron chi connectivity index (χ4n) is 3.66. The van der Waals surface area contributed by atoms with Crippen LogP contribution in [-0.2, 0) is 22.4 Å². The average Bonchev–Trinajstić information content (AvgIpc) is 2.86. The van der Waals surface area contributed by atoms with E-state index in [1.165, 1.54) is 29.3 Å². The normalized spacial score (nSPS) is 17.6. The molecule has 4 nitrogen and oxygen atoms in total. The van der Waals surface area contributed by atoms with Gasteiger partial charge in [0.2, 0.25) is 0 Å². The summed E-state index contributed by atoms with van der Waals surface area (Å²) in [6.45, 7) is 4.41. The Kier molecular flexibility index (Phi) is 3.85. The van der Waals surface area contributed by atoms with Crippen molar-refractivity contribution < 1.29 is 14.3 Å². The Bertz CT molecular complexity index is 715. The molecule has 0 saturated heterocycles. The number of ether oxygens (including phenoxy) is 2. The van der Waals surface area contributed by atoms with Gasteiger partial charge in [0, 0.05) is 22.6 Å². The van der Waals surface area contributed by atoms with Crippen LogP contribution in [-0.4, -0.2) is 24.8 Å². The van der Waals surface area contributed by atoms with Crippen molar-refractivity contribution in [1.29, 1.82) is 0 Å². The highest BCUT2D eigenvalue weighted by Gasteiger charge is 2.30. The number of aromatic nitrogens is 1. The minimum Gasteiger partial charge on any atom is -0.497 e. The van der Waals surface area contributed by atoms with Crippen LogP contribution < -0.4 is 4.74 Å². The van der Waals surface area contributed by atoms with Gasteiger partial charge in [-0.3, -0.25) is 4.79 Å². The number of hydrogen-bond donors (Lipinski definition) is 0. The molecular weight excluding hydrogens is 278 g/mol. The van der Waals surface area contributed by atoms with Crippen LogP contribution in [0.2, 0.25) is 0 Å². The Balaban J connectivity index is 2.17. The molecule has 4 heteroatoms. The molecule has 2 aromatic rings. The lowest BCUT2D eigenvalue weighted by molar-refractivity contribution is -0.145. The van der Waals surface area contributed by atoms with Crippen molar-refractivity contribution in [1.82, 2.24) is 4.57 Å². The maximum Gasteiger partial charge on any atom is 0.309 e. The zero-order valence-corrected chi connectivity index (χ0v) is 13.7. The third kappa shape index (κ3) is 2.27. The van der Waals surface area contributed by atoms with E-state index >= 15 is 0 Å². The largest absolute Gasteiger partial charge is 0.497 e. The molecule has 0 bridgehead atoms. The molecule has 1 aromatic heterocycles. The first kappa shape index (κ1) is 14.9. The van der Waals surface area contributed by atoms with Gasteiger partial charge < -0.3 is 14.0 Å². The Morgan fingerprint density at radius 3 is 2.73 bits per heavy atom. The van der Waals surface area contributed by atoms with Crippen molar-refractivity contribution in [3.05, 3.63) is 29.5 Å². The lowest BCUT2D eigenvalue weighted by Crippen LogP contribution is -2.24. The van der Waals surface area contributed by atoms with Crippen molar-refractivity contribution in [2.24, 2.45) is 5.92 Å². The van der Waals surface area contributed by atoms with Crippen LogP contribution in [0.25, 0.3) is 10.9 Å². The lowest BCUT2D eigenvalue weighted by Gasteiger charge is -2.23. The predicted octanol–water partition coefficient (Wildman–Crippen LogP) is 3.51. The molecule has 1 atom stereocenters. The summed E-state index contributed by atoms with van der Waals surface area (Å²) < 4.78 is 12.7. The summed E-state index contributed by atoms with van der Waals surface area (Å²) in [5.74, 6) is 0.727. The minimum absolute atomic E-state index is 0.0325. The number of benzene rings is 1. The molecule has 0 radical (unpaired) electrons. The number of rotatable bonds is 3. The summed E-state index contributed by atoms with van der Waals surface area (Å²) in [6, 6.07) is 6.62. The lowest BCUT2D eigenvalue weighted by atomic mass is 9.86. The second-order valence-corrected chi connectivity index (χ2v) is 6.23. The van der Waals surface area contributed by atoms with Gasteiger partial charge in [0.05, 0.1) is 20.1 Å². The Hall–Kier alpha value is -1.97. The molecule has 0 amide bonds. The third-order valence-electron chi connectivity index (χ3n) is 4.66. The molecule has 1 aromatic carbocycles. The molecule has 1 heterocycles. The third-order valence-corrected chi connectivity index (χ3v) is 4.66. The van der Waals surface area contributed by atoms with E-state index in [0.29, 0.717) is 6.04 Å². The van der Waals surface area contributed by atoms with Gasteiger partial charge in [0.25, 0.3) is 0 Å². The van der Waals surface area contributed by atoms with E-state index in [9.17, 15) is 4.79 Å². The molecule has 0 spiro atoms. The molecule has 0 fully saturated rings. The first-order valence-corrected chi connectivity index (χ1v) is 7.84. The first-order valence-electron chi connectivity index (χ1n) is 7.84. The number of hydrogen-bond acceptors (Lipinski definition) is 3. The van der Waals surface area contributed by atoms with E-state index in [-0.39, 0.29) is 11.9 Å². The van der Waals surface area contributed by atoms with E-state index in [1.54, 1.807) is 7.11 Å². The first-order chi connectivity index (χ1) is 10.6. The van der Waals surface area contributed by atoms with Crippen LogP contribution in [0.3, 0.4) is 0 Å². The molecule has 0 saturated carbocycles. The van der Waals surface area contributed by atoms with Crippen molar-refractivity contribution in [2.75, 3.05) is 14.2 Å². The second-order valence-electron chi connectivity index (χ2n) is 6.23. The molecule has 3 rings (SSSR count). The van der Waals surface area contributed by atoms with E-state index in [2.05, 4.69) is 30.5 Å². The van der Waals surface area contributed by atoms with Gasteiger partial charge >= 0.3 is 5.97 Å². The van der Waals surface area contributed by atoms with Gasteiger partial charge in [0.15, 0.2) is 0 Å². The molecular formula is C18H23NO3. The fraction of sp³-hybridized carbons (Fsp3) is 0.500. The number of carbonyl (C=O) groups is 1. The Morgan fingerprint density at radius 2 is 2.09 bits per heavy atom. The summed E-state index contributed by atoms with van der Waals surface area (Å²) in [7, 11) is 3.16. The second kappa shape index (κ2) is 5.67. The molecule has 1 aliphatic rings. The maximum absolute atomic E-state index is 11.9. The van der Waals surface area contributed by atoms with Crippen molar-refractivity contribution in [3.63, 3.8) is 0 Å². The summed E-state index contributed by atoms with van der Waals surface area (Å²) >= 11 is 0. The molecule has 1 unspecified atom stereocenters. The molecule has 1 aliphatic carbocycles. The molecule has 118 valence electrons. The summed E-state index contributed by atoms with van der Waals surface area (Å²) in [4.78, 5) is 11.9. The summed E-state index contributed by atoms with van der Waals surface area (Å²) in [6.07, 6.45) is 2.54. The molecule has 22 heavy (non-hydrogen) atoms. The number of nitrogens with zero attached hydrogens (tertiary/aromatic N) is 1. The zero-order valence-electron chi connectivity index (χ0n) is 13.7. The molecule has 0 N–H and O–H groups in total. The summed E-state index contributed by atoms with van der Waals surface area (Å²) in [5.41, 5.74) is 3.87.